The number of hydrogen-bond donors (Lipinski definition) is 0. The summed E-state index contributed by atoms with van der Waals surface area (Å²) in [6.07, 6.45) is 4.53. The van der Waals surface area contributed by atoms with Gasteiger partial charge in [-0.05, 0) is 12.8 Å². The summed E-state index contributed by atoms with van der Waals surface area (Å²) in [7, 11) is 0. The molecule has 1 aromatic heterocycles. The molecule has 0 bridgehead atoms. The van der Waals surface area contributed by atoms with Crippen LogP contribution < -0.4 is 9.47 Å². The predicted molar refractivity (Wildman–Crippen MR) is 81.0 cm³/mol. The third-order valence-corrected chi connectivity index (χ3v) is 4.64. The van der Waals surface area contributed by atoms with Crippen LogP contribution in [0.1, 0.15) is 47.9 Å². The standard InChI is InChI=1S/C16H21N3O4/c20-16(19-5-7-21-8-6-19)12-13-15(23-10-9-22-13)18-14(17-12)11-3-1-2-4-11/h11H,1-10H2. The van der Waals surface area contributed by atoms with Gasteiger partial charge in [0.1, 0.15) is 19.0 Å². The van der Waals surface area contributed by atoms with Gasteiger partial charge in [-0.3, -0.25) is 4.79 Å². The number of rotatable bonds is 2. The predicted octanol–water partition coefficient (Wildman–Crippen LogP) is 1.38. The molecule has 7 heteroatoms. The lowest BCUT2D eigenvalue weighted by atomic mass is 10.1. The van der Waals surface area contributed by atoms with Crippen molar-refractivity contribution in [3.63, 3.8) is 0 Å². The van der Waals surface area contributed by atoms with Gasteiger partial charge in [-0.15, -0.1) is 0 Å². The van der Waals surface area contributed by atoms with Crippen molar-refractivity contribution in [1.29, 1.82) is 0 Å². The molecule has 0 unspecified atom stereocenters. The minimum Gasteiger partial charge on any atom is -0.483 e. The van der Waals surface area contributed by atoms with E-state index in [0.717, 1.165) is 18.7 Å². The number of nitrogens with zero attached hydrogens (tertiary/aromatic N) is 3. The molecule has 2 fully saturated rings. The van der Waals surface area contributed by atoms with Crippen LogP contribution in [0.15, 0.2) is 0 Å². The van der Waals surface area contributed by atoms with E-state index in [9.17, 15) is 4.79 Å². The highest BCUT2D eigenvalue weighted by molar-refractivity contribution is 5.95. The molecular formula is C16H21N3O4. The van der Waals surface area contributed by atoms with Crippen LogP contribution in [-0.2, 0) is 4.74 Å². The second-order valence-corrected chi connectivity index (χ2v) is 6.15. The van der Waals surface area contributed by atoms with Gasteiger partial charge >= 0.3 is 0 Å². The van der Waals surface area contributed by atoms with Gasteiger partial charge in [0, 0.05) is 19.0 Å². The van der Waals surface area contributed by atoms with Crippen molar-refractivity contribution in [1.82, 2.24) is 14.9 Å². The number of hydrogen-bond acceptors (Lipinski definition) is 6. The largest absolute Gasteiger partial charge is 0.483 e. The highest BCUT2D eigenvalue weighted by Crippen LogP contribution is 2.37. The van der Waals surface area contributed by atoms with Crippen LogP contribution in [0.2, 0.25) is 0 Å². The van der Waals surface area contributed by atoms with Crippen LogP contribution in [-0.4, -0.2) is 60.3 Å². The molecule has 0 radical (unpaired) electrons. The van der Waals surface area contributed by atoms with Crippen LogP contribution in [0.25, 0.3) is 0 Å². The first-order valence-electron chi connectivity index (χ1n) is 8.37. The quantitative estimate of drug-likeness (QED) is 0.820. The molecule has 1 saturated carbocycles. The van der Waals surface area contributed by atoms with Gasteiger partial charge in [0.15, 0.2) is 5.69 Å². The zero-order chi connectivity index (χ0) is 15.6. The molecule has 1 amide bonds. The van der Waals surface area contributed by atoms with E-state index in [2.05, 4.69) is 9.97 Å². The molecule has 23 heavy (non-hydrogen) atoms. The van der Waals surface area contributed by atoms with Crippen molar-refractivity contribution in [3.05, 3.63) is 11.5 Å². The fraction of sp³-hybridized carbons (Fsp3) is 0.688. The number of amides is 1. The summed E-state index contributed by atoms with van der Waals surface area (Å²) in [5, 5.41) is 0. The van der Waals surface area contributed by atoms with Crippen LogP contribution in [0.5, 0.6) is 11.6 Å². The number of fused-ring (bicyclic) bond motifs is 1. The Morgan fingerprint density at radius 2 is 1.74 bits per heavy atom. The van der Waals surface area contributed by atoms with E-state index >= 15 is 0 Å². The highest BCUT2D eigenvalue weighted by atomic mass is 16.6. The van der Waals surface area contributed by atoms with Crippen molar-refractivity contribution in [2.24, 2.45) is 0 Å². The van der Waals surface area contributed by atoms with Crippen LogP contribution >= 0.6 is 0 Å². The molecule has 3 aliphatic rings. The van der Waals surface area contributed by atoms with Crippen LogP contribution in [0, 0.1) is 0 Å². The topological polar surface area (TPSA) is 73.8 Å². The van der Waals surface area contributed by atoms with Crippen molar-refractivity contribution >= 4 is 5.91 Å². The highest BCUT2D eigenvalue weighted by Gasteiger charge is 2.31. The zero-order valence-electron chi connectivity index (χ0n) is 13.1. The fourth-order valence-electron chi connectivity index (χ4n) is 3.38. The molecule has 4 rings (SSSR count). The zero-order valence-corrected chi connectivity index (χ0v) is 13.1. The first kappa shape index (κ1) is 14.7. The van der Waals surface area contributed by atoms with Crippen LogP contribution in [0.4, 0.5) is 0 Å². The van der Waals surface area contributed by atoms with Crippen molar-refractivity contribution in [3.8, 4) is 11.6 Å². The third kappa shape index (κ3) is 2.85. The second-order valence-electron chi connectivity index (χ2n) is 6.15. The molecule has 1 saturated heterocycles. The Morgan fingerprint density at radius 1 is 1.00 bits per heavy atom. The Labute approximate surface area is 134 Å². The first-order valence-corrected chi connectivity index (χ1v) is 8.37. The first-order chi connectivity index (χ1) is 11.3. The van der Waals surface area contributed by atoms with Gasteiger partial charge in [0.05, 0.1) is 13.2 Å². The van der Waals surface area contributed by atoms with Gasteiger partial charge in [-0.2, -0.15) is 4.98 Å². The minimum absolute atomic E-state index is 0.114. The molecule has 2 aliphatic heterocycles. The molecule has 0 aromatic carbocycles. The van der Waals surface area contributed by atoms with Crippen molar-refractivity contribution in [2.45, 2.75) is 31.6 Å². The van der Waals surface area contributed by atoms with E-state index < -0.39 is 0 Å². The Balaban J connectivity index is 1.70. The number of aromatic nitrogens is 2. The summed E-state index contributed by atoms with van der Waals surface area (Å²) in [5.74, 6) is 1.75. The Bertz CT molecular complexity index is 595. The van der Waals surface area contributed by atoms with E-state index in [1.165, 1.54) is 12.8 Å². The monoisotopic (exact) mass is 319 g/mol. The van der Waals surface area contributed by atoms with E-state index in [4.69, 9.17) is 14.2 Å². The Morgan fingerprint density at radius 3 is 2.52 bits per heavy atom. The number of carbonyl (C=O) groups excluding carboxylic acids is 1. The molecule has 3 heterocycles. The molecule has 0 atom stereocenters. The molecule has 0 spiro atoms. The molecular weight excluding hydrogens is 298 g/mol. The lowest BCUT2D eigenvalue weighted by Gasteiger charge is -2.28. The van der Waals surface area contributed by atoms with Crippen LogP contribution in [0.3, 0.4) is 0 Å². The van der Waals surface area contributed by atoms with E-state index in [1.807, 2.05) is 0 Å². The minimum atomic E-state index is -0.114. The van der Waals surface area contributed by atoms with Gasteiger partial charge in [0.25, 0.3) is 11.8 Å². The molecule has 124 valence electrons. The maximum atomic E-state index is 12.9. The SMILES string of the molecule is O=C(c1nc(C2CCCC2)nc2c1OCCO2)N1CCOCC1. The molecule has 0 N–H and O–H groups in total. The van der Waals surface area contributed by atoms with Crippen molar-refractivity contribution < 1.29 is 19.0 Å². The summed E-state index contributed by atoms with van der Waals surface area (Å²) in [6, 6.07) is 0. The van der Waals surface area contributed by atoms with E-state index in [-0.39, 0.29) is 5.91 Å². The van der Waals surface area contributed by atoms with Crippen molar-refractivity contribution in [2.75, 3.05) is 39.5 Å². The summed E-state index contributed by atoms with van der Waals surface area (Å²) in [4.78, 5) is 23.8. The number of carbonyl (C=O) groups is 1. The normalized spacial score (nSPS) is 21.5. The molecule has 1 aromatic rings. The number of ether oxygens (including phenoxy) is 3. The Hall–Kier alpha value is -1.89. The summed E-state index contributed by atoms with van der Waals surface area (Å²) in [6.45, 7) is 3.16. The van der Waals surface area contributed by atoms with Gasteiger partial charge < -0.3 is 19.1 Å². The average Bonchev–Trinajstić information content (AvgIpc) is 3.15. The Kier molecular flexibility index (Phi) is 4.03. The van der Waals surface area contributed by atoms with Gasteiger partial charge in [-0.25, -0.2) is 4.98 Å². The molecule has 7 nitrogen and oxygen atoms in total. The maximum absolute atomic E-state index is 12.9. The second kappa shape index (κ2) is 6.31. The lowest BCUT2D eigenvalue weighted by Crippen LogP contribution is -2.41. The smallest absolute Gasteiger partial charge is 0.276 e. The van der Waals surface area contributed by atoms with E-state index in [1.54, 1.807) is 4.90 Å². The average molecular weight is 319 g/mol. The fourth-order valence-corrected chi connectivity index (χ4v) is 3.38. The summed E-state index contributed by atoms with van der Waals surface area (Å²) < 4.78 is 16.6. The maximum Gasteiger partial charge on any atom is 0.276 e. The van der Waals surface area contributed by atoms with E-state index in [0.29, 0.717) is 62.8 Å². The van der Waals surface area contributed by atoms with Gasteiger partial charge in [0.2, 0.25) is 5.75 Å². The number of morpholine rings is 1. The van der Waals surface area contributed by atoms with Gasteiger partial charge in [-0.1, -0.05) is 12.8 Å². The summed E-state index contributed by atoms with van der Waals surface area (Å²) in [5.41, 5.74) is 0.346. The summed E-state index contributed by atoms with van der Waals surface area (Å²) >= 11 is 0. The third-order valence-electron chi connectivity index (χ3n) is 4.64. The molecule has 1 aliphatic carbocycles. The lowest BCUT2D eigenvalue weighted by molar-refractivity contribution is 0.0292.